The fourth-order valence-corrected chi connectivity index (χ4v) is 2.01. The van der Waals surface area contributed by atoms with Crippen LogP contribution < -0.4 is 5.06 Å². The first-order valence-electron chi connectivity index (χ1n) is 6.36. The van der Waals surface area contributed by atoms with E-state index in [1.165, 1.54) is 23.0 Å². The molecule has 0 aliphatic carbocycles. The van der Waals surface area contributed by atoms with Crippen LogP contribution in [0.4, 0.5) is 19.0 Å². The molecule has 9 heteroatoms. The molecule has 1 fully saturated rings. The molecule has 2 rings (SSSR count). The van der Waals surface area contributed by atoms with Crippen LogP contribution in [-0.4, -0.2) is 47.0 Å². The van der Waals surface area contributed by atoms with E-state index in [0.29, 0.717) is 19.5 Å². The Morgan fingerprint density at radius 3 is 2.71 bits per heavy atom. The molecule has 116 valence electrons. The van der Waals surface area contributed by atoms with E-state index in [1.54, 1.807) is 6.92 Å². The Labute approximate surface area is 119 Å². The molecule has 21 heavy (non-hydrogen) atoms. The lowest BCUT2D eigenvalue weighted by Gasteiger charge is -2.23. The Balaban J connectivity index is 2.28. The zero-order valence-electron chi connectivity index (χ0n) is 11.6. The molecule has 6 nitrogen and oxygen atoms in total. The second-order valence-electron chi connectivity index (χ2n) is 4.81. The smallest absolute Gasteiger partial charge is 0.341 e. The van der Waals surface area contributed by atoms with Crippen molar-refractivity contribution in [3.8, 4) is 0 Å². The van der Waals surface area contributed by atoms with Gasteiger partial charge in [-0.1, -0.05) is 0 Å². The number of carbonyl (C=O) groups excluding carboxylic acids is 1. The van der Waals surface area contributed by atoms with Gasteiger partial charge < -0.3 is 4.90 Å². The maximum absolute atomic E-state index is 12.7. The predicted molar refractivity (Wildman–Crippen MR) is 67.3 cm³/mol. The van der Waals surface area contributed by atoms with Gasteiger partial charge in [-0.15, -0.1) is 0 Å². The molecule has 0 bridgehead atoms. The Kier molecular flexibility index (Phi) is 4.31. The number of alkyl halides is 3. The van der Waals surface area contributed by atoms with E-state index < -0.39 is 12.0 Å². The number of carbonyl (C=O) groups is 1. The van der Waals surface area contributed by atoms with Crippen LogP contribution in [0.25, 0.3) is 0 Å². The van der Waals surface area contributed by atoms with Crippen molar-refractivity contribution in [2.45, 2.75) is 26.1 Å². The molecule has 1 amide bonds. The topological polar surface area (TPSA) is 58.6 Å². The summed E-state index contributed by atoms with van der Waals surface area (Å²) in [4.78, 5) is 24.8. The molecule has 1 aliphatic rings. The number of aromatic nitrogens is 2. The minimum Gasteiger partial charge on any atom is -0.341 e. The van der Waals surface area contributed by atoms with Gasteiger partial charge in [0.15, 0.2) is 5.82 Å². The number of hydrogen-bond acceptors (Lipinski definition) is 5. The Morgan fingerprint density at radius 2 is 2.10 bits per heavy atom. The quantitative estimate of drug-likeness (QED) is 0.773. The molecule has 1 aliphatic heterocycles. The fourth-order valence-electron chi connectivity index (χ4n) is 2.01. The molecular formula is C12H15F3N4O2. The van der Waals surface area contributed by atoms with Crippen LogP contribution in [0.1, 0.15) is 18.4 Å². The van der Waals surface area contributed by atoms with Gasteiger partial charge in [-0.25, -0.2) is 15.0 Å². The Bertz CT molecular complexity index is 524. The van der Waals surface area contributed by atoms with Crippen molar-refractivity contribution in [1.29, 1.82) is 0 Å². The number of hydroxylamine groups is 1. The average Bonchev–Trinajstić information content (AvgIpc) is 2.58. The fraction of sp³-hybridized carbons (Fsp3) is 0.583. The summed E-state index contributed by atoms with van der Waals surface area (Å²) < 4.78 is 38.2. The van der Waals surface area contributed by atoms with Crippen molar-refractivity contribution in [2.75, 3.05) is 24.7 Å². The first kappa shape index (κ1) is 15.5. The monoisotopic (exact) mass is 304 g/mol. The third-order valence-electron chi connectivity index (χ3n) is 2.89. The molecule has 0 unspecified atom stereocenters. The minimum absolute atomic E-state index is 0.0365. The number of amides is 1. The highest BCUT2D eigenvalue weighted by Gasteiger charge is 2.36. The summed E-state index contributed by atoms with van der Waals surface area (Å²) in [5.41, 5.74) is 0.195. The van der Waals surface area contributed by atoms with Crippen LogP contribution in [0, 0.1) is 6.92 Å². The van der Waals surface area contributed by atoms with E-state index in [4.69, 9.17) is 4.84 Å². The summed E-state index contributed by atoms with van der Waals surface area (Å²) in [6, 6.07) is 1.42. The SMILES string of the molecule is Cc1cc(N2CCN(C=O)C[C@H](C)O2)nc(C(F)(F)F)n1. The molecule has 0 radical (unpaired) electrons. The van der Waals surface area contributed by atoms with Gasteiger partial charge in [-0.05, 0) is 13.8 Å². The number of nitrogens with zero attached hydrogens (tertiary/aromatic N) is 4. The van der Waals surface area contributed by atoms with Gasteiger partial charge in [0.25, 0.3) is 0 Å². The second kappa shape index (κ2) is 5.84. The van der Waals surface area contributed by atoms with E-state index in [1.807, 2.05) is 0 Å². The van der Waals surface area contributed by atoms with E-state index in [2.05, 4.69) is 9.97 Å². The standard InChI is InChI=1S/C12H15F3N4O2/c1-8-5-10(17-11(16-8)12(13,14)15)19-4-3-18(7-20)6-9(2)21-19/h5,7,9H,3-4,6H2,1-2H3/t9-/m0/s1. The van der Waals surface area contributed by atoms with E-state index in [9.17, 15) is 18.0 Å². The van der Waals surface area contributed by atoms with Crippen LogP contribution in [0.2, 0.25) is 0 Å². The molecule has 0 spiro atoms. The predicted octanol–water partition coefficient (Wildman–Crippen LogP) is 1.40. The summed E-state index contributed by atoms with van der Waals surface area (Å²) in [7, 11) is 0. The van der Waals surface area contributed by atoms with Gasteiger partial charge in [0.05, 0.1) is 6.54 Å². The van der Waals surface area contributed by atoms with Crippen LogP contribution >= 0.6 is 0 Å². The minimum atomic E-state index is -4.62. The second-order valence-corrected chi connectivity index (χ2v) is 4.81. The van der Waals surface area contributed by atoms with Crippen LogP contribution in [0.3, 0.4) is 0 Å². The largest absolute Gasteiger partial charge is 0.451 e. The van der Waals surface area contributed by atoms with Gasteiger partial charge in [0, 0.05) is 24.8 Å². The van der Waals surface area contributed by atoms with Gasteiger partial charge in [0.1, 0.15) is 6.10 Å². The number of rotatable bonds is 2. The molecular weight excluding hydrogens is 289 g/mol. The average molecular weight is 304 g/mol. The maximum Gasteiger partial charge on any atom is 0.451 e. The summed E-state index contributed by atoms with van der Waals surface area (Å²) >= 11 is 0. The molecule has 2 heterocycles. The number of aryl methyl sites for hydroxylation is 1. The lowest BCUT2D eigenvalue weighted by molar-refractivity contribution is -0.145. The first-order valence-corrected chi connectivity index (χ1v) is 6.36. The van der Waals surface area contributed by atoms with Gasteiger partial charge >= 0.3 is 6.18 Å². The highest BCUT2D eigenvalue weighted by atomic mass is 19.4. The third kappa shape index (κ3) is 3.81. The van der Waals surface area contributed by atoms with Gasteiger partial charge in [-0.2, -0.15) is 13.2 Å². The molecule has 0 N–H and O–H groups in total. The van der Waals surface area contributed by atoms with Crippen molar-refractivity contribution < 1.29 is 22.8 Å². The number of halogens is 3. The maximum atomic E-state index is 12.7. The van der Waals surface area contributed by atoms with Crippen LogP contribution in [-0.2, 0) is 15.8 Å². The lowest BCUT2D eigenvalue weighted by atomic mass is 10.4. The van der Waals surface area contributed by atoms with E-state index >= 15 is 0 Å². The molecule has 0 saturated carbocycles. The van der Waals surface area contributed by atoms with Crippen molar-refractivity contribution >= 4 is 12.2 Å². The van der Waals surface area contributed by atoms with Crippen molar-refractivity contribution in [3.05, 3.63) is 17.6 Å². The lowest BCUT2D eigenvalue weighted by Crippen LogP contribution is -2.30. The van der Waals surface area contributed by atoms with E-state index in [-0.39, 0.29) is 24.2 Å². The van der Waals surface area contributed by atoms with Gasteiger partial charge in [0.2, 0.25) is 12.2 Å². The van der Waals surface area contributed by atoms with Crippen LogP contribution in [0.5, 0.6) is 0 Å². The van der Waals surface area contributed by atoms with Crippen molar-refractivity contribution in [2.24, 2.45) is 0 Å². The highest BCUT2D eigenvalue weighted by Crippen LogP contribution is 2.28. The Hall–Kier alpha value is -1.90. The third-order valence-corrected chi connectivity index (χ3v) is 2.89. The number of anilines is 1. The number of hydrogen-bond donors (Lipinski definition) is 0. The summed E-state index contributed by atoms with van der Waals surface area (Å²) in [5.74, 6) is -1.17. The zero-order chi connectivity index (χ0) is 15.6. The normalized spacial score (nSPS) is 20.3. The van der Waals surface area contributed by atoms with Crippen molar-refractivity contribution in [3.63, 3.8) is 0 Å². The van der Waals surface area contributed by atoms with E-state index in [0.717, 1.165) is 0 Å². The molecule has 1 saturated heterocycles. The summed E-state index contributed by atoms with van der Waals surface area (Å²) in [6.45, 7) is 4.14. The first-order chi connectivity index (χ1) is 9.79. The highest BCUT2D eigenvalue weighted by molar-refractivity contribution is 5.47. The molecule has 1 atom stereocenters. The molecule has 1 aromatic rings. The van der Waals surface area contributed by atoms with Gasteiger partial charge in [-0.3, -0.25) is 9.63 Å². The molecule has 1 aromatic heterocycles. The molecule has 0 aromatic carbocycles. The summed E-state index contributed by atoms with van der Waals surface area (Å²) in [6.07, 6.45) is -4.27. The summed E-state index contributed by atoms with van der Waals surface area (Å²) in [5, 5.41) is 1.28. The zero-order valence-corrected chi connectivity index (χ0v) is 11.6. The Morgan fingerprint density at radius 1 is 1.38 bits per heavy atom. The van der Waals surface area contributed by atoms with Crippen molar-refractivity contribution in [1.82, 2.24) is 14.9 Å². The van der Waals surface area contributed by atoms with Crippen LogP contribution in [0.15, 0.2) is 6.07 Å².